The molecule has 0 bridgehead atoms. The molecule has 0 saturated carbocycles. The lowest BCUT2D eigenvalue weighted by molar-refractivity contribution is 0.0627. The maximum Gasteiger partial charge on any atom is 0.257 e. The van der Waals surface area contributed by atoms with Crippen LogP contribution in [0.15, 0.2) is 30.6 Å². The van der Waals surface area contributed by atoms with E-state index < -0.39 is 0 Å². The lowest BCUT2D eigenvalue weighted by Gasteiger charge is -2.34. The topological polar surface area (TPSA) is 59.8 Å². The van der Waals surface area contributed by atoms with E-state index in [4.69, 9.17) is 9.47 Å². The van der Waals surface area contributed by atoms with Crippen molar-refractivity contribution < 1.29 is 14.3 Å². The highest BCUT2D eigenvalue weighted by atomic mass is 16.5. The number of aromatic nitrogens is 2. The van der Waals surface area contributed by atoms with Gasteiger partial charge in [-0.05, 0) is 18.2 Å². The summed E-state index contributed by atoms with van der Waals surface area (Å²) in [5, 5.41) is 4.07. The lowest BCUT2D eigenvalue weighted by Crippen LogP contribution is -2.48. The van der Waals surface area contributed by atoms with E-state index in [-0.39, 0.29) is 5.91 Å². The van der Waals surface area contributed by atoms with Crippen LogP contribution >= 0.6 is 0 Å². The number of aryl methyl sites for hydroxylation is 1. The third-order valence-electron chi connectivity index (χ3n) is 4.49. The molecule has 0 unspecified atom stereocenters. The Morgan fingerprint density at radius 2 is 1.92 bits per heavy atom. The molecule has 1 aliphatic heterocycles. The van der Waals surface area contributed by atoms with Crippen LogP contribution in [0.3, 0.4) is 0 Å². The highest BCUT2D eigenvalue weighted by molar-refractivity contribution is 5.93. The van der Waals surface area contributed by atoms with Gasteiger partial charge < -0.3 is 14.4 Å². The fraction of sp³-hybridized carbons (Fsp3) is 0.444. The van der Waals surface area contributed by atoms with Crippen LogP contribution in [0.1, 0.15) is 15.9 Å². The lowest BCUT2D eigenvalue weighted by atomic mass is 10.1. The third-order valence-corrected chi connectivity index (χ3v) is 4.49. The number of hydrogen-bond donors (Lipinski definition) is 0. The van der Waals surface area contributed by atoms with Crippen molar-refractivity contribution in [3.8, 4) is 11.5 Å². The van der Waals surface area contributed by atoms with Crippen molar-refractivity contribution in [2.45, 2.75) is 6.54 Å². The third kappa shape index (κ3) is 3.93. The average Bonchev–Trinajstić information content (AvgIpc) is 3.08. The minimum atomic E-state index is 0.0479. The normalized spacial score (nSPS) is 15.2. The summed E-state index contributed by atoms with van der Waals surface area (Å²) in [5.41, 5.74) is 1.74. The number of piperazine rings is 1. The van der Waals surface area contributed by atoms with E-state index >= 15 is 0 Å². The number of carbonyl (C=O) groups is 1. The van der Waals surface area contributed by atoms with Crippen LogP contribution in [0, 0.1) is 0 Å². The van der Waals surface area contributed by atoms with Crippen LogP contribution in [-0.4, -0.2) is 65.9 Å². The number of methoxy groups -OCH3 is 2. The molecule has 1 amide bonds. The minimum Gasteiger partial charge on any atom is -0.497 e. The number of carbonyl (C=O) groups excluding carboxylic acids is 1. The first-order valence-electron chi connectivity index (χ1n) is 8.32. The van der Waals surface area contributed by atoms with Crippen molar-refractivity contribution in [1.29, 1.82) is 0 Å². The molecule has 134 valence electrons. The van der Waals surface area contributed by atoms with Gasteiger partial charge in [-0.3, -0.25) is 14.4 Å². The molecule has 3 rings (SSSR count). The van der Waals surface area contributed by atoms with Gasteiger partial charge in [0.15, 0.2) is 0 Å². The quantitative estimate of drug-likeness (QED) is 0.820. The van der Waals surface area contributed by atoms with Gasteiger partial charge in [0.1, 0.15) is 11.5 Å². The molecule has 2 heterocycles. The molecule has 0 spiro atoms. The van der Waals surface area contributed by atoms with Crippen LogP contribution in [-0.2, 0) is 13.6 Å². The zero-order valence-electron chi connectivity index (χ0n) is 14.9. The van der Waals surface area contributed by atoms with Crippen molar-refractivity contribution in [3.05, 3.63) is 41.7 Å². The fourth-order valence-corrected chi connectivity index (χ4v) is 3.07. The molecule has 1 aromatic carbocycles. The Bertz CT molecular complexity index is 736. The number of nitrogens with zero attached hydrogens (tertiary/aromatic N) is 4. The molecule has 1 aromatic heterocycles. The van der Waals surface area contributed by atoms with E-state index in [1.165, 1.54) is 0 Å². The summed E-state index contributed by atoms with van der Waals surface area (Å²) in [4.78, 5) is 16.7. The Morgan fingerprint density at radius 3 is 2.52 bits per heavy atom. The maximum atomic E-state index is 12.5. The molecule has 1 fully saturated rings. The predicted octanol–water partition coefficient (Wildman–Crippen LogP) is 1.40. The molecule has 0 aliphatic carbocycles. The summed E-state index contributed by atoms with van der Waals surface area (Å²) in [7, 11) is 5.15. The Balaban J connectivity index is 1.60. The van der Waals surface area contributed by atoms with Gasteiger partial charge in [-0.2, -0.15) is 5.10 Å². The summed E-state index contributed by atoms with van der Waals surface area (Å²) in [6.45, 7) is 3.84. The Kier molecular flexibility index (Phi) is 5.23. The van der Waals surface area contributed by atoms with Crippen molar-refractivity contribution in [3.63, 3.8) is 0 Å². The molecular formula is C18H24N4O3. The van der Waals surface area contributed by atoms with Gasteiger partial charge in [-0.25, -0.2) is 0 Å². The SMILES string of the molecule is COc1ccc(OC)c(CN2CCN(C(=O)c3cnn(C)c3)CC2)c1. The van der Waals surface area contributed by atoms with E-state index in [1.54, 1.807) is 31.3 Å². The summed E-state index contributed by atoms with van der Waals surface area (Å²) in [5.74, 6) is 1.72. The average molecular weight is 344 g/mol. The molecular weight excluding hydrogens is 320 g/mol. The monoisotopic (exact) mass is 344 g/mol. The maximum absolute atomic E-state index is 12.5. The van der Waals surface area contributed by atoms with Crippen LogP contribution in [0.4, 0.5) is 0 Å². The van der Waals surface area contributed by atoms with Crippen LogP contribution in [0.5, 0.6) is 11.5 Å². The Morgan fingerprint density at radius 1 is 1.16 bits per heavy atom. The Hall–Kier alpha value is -2.54. The van der Waals surface area contributed by atoms with Gasteiger partial charge in [-0.1, -0.05) is 0 Å². The first-order valence-corrected chi connectivity index (χ1v) is 8.32. The highest BCUT2D eigenvalue weighted by Crippen LogP contribution is 2.25. The van der Waals surface area contributed by atoms with Crippen molar-refractivity contribution >= 4 is 5.91 Å². The minimum absolute atomic E-state index is 0.0479. The first kappa shape index (κ1) is 17.3. The van der Waals surface area contributed by atoms with Gasteiger partial charge in [0.2, 0.25) is 0 Å². The van der Waals surface area contributed by atoms with E-state index in [0.29, 0.717) is 18.7 Å². The second kappa shape index (κ2) is 7.57. The summed E-state index contributed by atoms with van der Waals surface area (Å²) in [6, 6.07) is 5.83. The number of benzene rings is 1. The van der Waals surface area contributed by atoms with Gasteiger partial charge in [-0.15, -0.1) is 0 Å². The molecule has 0 atom stereocenters. The summed E-state index contributed by atoms with van der Waals surface area (Å²) in [6.07, 6.45) is 3.38. The molecule has 25 heavy (non-hydrogen) atoms. The van der Waals surface area contributed by atoms with Crippen molar-refractivity contribution in [1.82, 2.24) is 19.6 Å². The Labute approximate surface area is 147 Å². The molecule has 7 nitrogen and oxygen atoms in total. The van der Waals surface area contributed by atoms with Gasteiger partial charge in [0.25, 0.3) is 5.91 Å². The van der Waals surface area contributed by atoms with Crippen LogP contribution in [0.2, 0.25) is 0 Å². The number of amides is 1. The zero-order valence-corrected chi connectivity index (χ0v) is 14.9. The van der Waals surface area contributed by atoms with Crippen molar-refractivity contribution in [2.75, 3.05) is 40.4 Å². The van der Waals surface area contributed by atoms with E-state index in [2.05, 4.69) is 10.00 Å². The molecule has 0 radical (unpaired) electrons. The highest BCUT2D eigenvalue weighted by Gasteiger charge is 2.23. The molecule has 1 saturated heterocycles. The summed E-state index contributed by atoms with van der Waals surface area (Å²) < 4.78 is 12.4. The van der Waals surface area contributed by atoms with Gasteiger partial charge >= 0.3 is 0 Å². The fourth-order valence-electron chi connectivity index (χ4n) is 3.07. The molecule has 2 aromatic rings. The van der Waals surface area contributed by atoms with Crippen molar-refractivity contribution in [2.24, 2.45) is 7.05 Å². The molecule has 1 aliphatic rings. The van der Waals surface area contributed by atoms with E-state index in [0.717, 1.165) is 36.7 Å². The second-order valence-corrected chi connectivity index (χ2v) is 6.15. The number of hydrogen-bond acceptors (Lipinski definition) is 5. The standard InChI is InChI=1S/C18H24N4O3/c1-20-12-15(11-19-20)18(23)22-8-6-21(7-9-22)13-14-10-16(24-2)4-5-17(14)25-3/h4-5,10-12H,6-9,13H2,1-3H3. The molecule has 7 heteroatoms. The second-order valence-electron chi connectivity index (χ2n) is 6.15. The zero-order chi connectivity index (χ0) is 17.8. The predicted molar refractivity (Wildman–Crippen MR) is 93.9 cm³/mol. The van der Waals surface area contributed by atoms with Gasteiger partial charge in [0, 0.05) is 51.5 Å². The van der Waals surface area contributed by atoms with E-state index in [9.17, 15) is 4.79 Å². The molecule has 0 N–H and O–H groups in total. The number of rotatable bonds is 5. The largest absolute Gasteiger partial charge is 0.497 e. The smallest absolute Gasteiger partial charge is 0.257 e. The van der Waals surface area contributed by atoms with Crippen LogP contribution in [0.25, 0.3) is 0 Å². The number of ether oxygens (including phenoxy) is 2. The van der Waals surface area contributed by atoms with Gasteiger partial charge in [0.05, 0.1) is 26.0 Å². The van der Waals surface area contributed by atoms with Crippen LogP contribution < -0.4 is 9.47 Å². The van der Waals surface area contributed by atoms with E-state index in [1.807, 2.05) is 30.1 Å². The summed E-state index contributed by atoms with van der Waals surface area (Å²) >= 11 is 0. The first-order chi connectivity index (χ1) is 12.1.